The Hall–Kier alpha value is -2.33. The van der Waals surface area contributed by atoms with Gasteiger partial charge < -0.3 is 10.2 Å². The van der Waals surface area contributed by atoms with Gasteiger partial charge in [0.2, 0.25) is 5.91 Å². The molecule has 1 fully saturated rings. The fourth-order valence-corrected chi connectivity index (χ4v) is 3.39. The van der Waals surface area contributed by atoms with Gasteiger partial charge in [-0.15, -0.1) is 0 Å². The first-order valence-electron chi connectivity index (χ1n) is 9.08. The van der Waals surface area contributed by atoms with E-state index in [9.17, 15) is 4.79 Å². The molecule has 0 unspecified atom stereocenters. The van der Waals surface area contributed by atoms with E-state index in [2.05, 4.69) is 52.4 Å². The average molecular weight is 337 g/mol. The van der Waals surface area contributed by atoms with E-state index in [0.29, 0.717) is 6.54 Å². The molecule has 4 heteroatoms. The number of amides is 1. The van der Waals surface area contributed by atoms with E-state index < -0.39 is 0 Å². The van der Waals surface area contributed by atoms with Gasteiger partial charge in [-0.05, 0) is 36.6 Å². The molecule has 0 aliphatic carbocycles. The number of para-hydroxylation sites is 2. The van der Waals surface area contributed by atoms with Gasteiger partial charge in [0.25, 0.3) is 0 Å². The summed E-state index contributed by atoms with van der Waals surface area (Å²) in [5.41, 5.74) is 4.57. The minimum atomic E-state index is 0.0807. The van der Waals surface area contributed by atoms with Gasteiger partial charge in [0.05, 0.1) is 6.54 Å². The maximum Gasteiger partial charge on any atom is 0.238 e. The molecule has 3 rings (SSSR count). The third kappa shape index (κ3) is 4.40. The molecule has 0 spiro atoms. The van der Waals surface area contributed by atoms with E-state index in [0.717, 1.165) is 43.9 Å². The summed E-state index contributed by atoms with van der Waals surface area (Å²) in [5, 5.41) is 3.13. The van der Waals surface area contributed by atoms with Crippen molar-refractivity contribution in [1.29, 1.82) is 0 Å². The lowest BCUT2D eigenvalue weighted by molar-refractivity contribution is -0.117. The highest BCUT2D eigenvalue weighted by atomic mass is 16.2. The van der Waals surface area contributed by atoms with Crippen molar-refractivity contribution in [2.75, 3.05) is 42.9 Å². The van der Waals surface area contributed by atoms with Crippen LogP contribution in [0, 0.1) is 6.92 Å². The summed E-state index contributed by atoms with van der Waals surface area (Å²) in [6.07, 6.45) is 0.924. The fraction of sp³-hybridized carbons (Fsp3) is 0.381. The Kier molecular flexibility index (Phi) is 5.71. The number of benzene rings is 2. The number of aryl methyl sites for hydroxylation is 2. The highest BCUT2D eigenvalue weighted by Gasteiger charge is 2.19. The van der Waals surface area contributed by atoms with Gasteiger partial charge in [0.1, 0.15) is 0 Å². The Morgan fingerprint density at radius 3 is 2.40 bits per heavy atom. The zero-order valence-corrected chi connectivity index (χ0v) is 15.2. The minimum Gasteiger partial charge on any atom is -0.369 e. The van der Waals surface area contributed by atoms with Crippen LogP contribution in [0.25, 0.3) is 0 Å². The van der Waals surface area contributed by atoms with Gasteiger partial charge in [-0.1, -0.05) is 43.3 Å². The standard InChI is InChI=1S/C21H27N3O/c1-3-18-9-7-8-17(2)21(18)22-20(25)16-23-12-14-24(15-13-23)19-10-5-4-6-11-19/h4-11H,3,12-16H2,1-2H3,(H,22,25). The van der Waals surface area contributed by atoms with Gasteiger partial charge in [-0.25, -0.2) is 0 Å². The first kappa shape index (κ1) is 17.5. The summed E-state index contributed by atoms with van der Waals surface area (Å²) >= 11 is 0. The topological polar surface area (TPSA) is 35.6 Å². The number of hydrogen-bond acceptors (Lipinski definition) is 3. The molecule has 1 saturated heterocycles. The first-order valence-corrected chi connectivity index (χ1v) is 9.08. The van der Waals surface area contributed by atoms with Crippen molar-refractivity contribution in [3.05, 3.63) is 59.7 Å². The lowest BCUT2D eigenvalue weighted by Crippen LogP contribution is -2.48. The molecule has 1 N–H and O–H groups in total. The molecule has 1 amide bonds. The number of carbonyl (C=O) groups excluding carboxylic acids is 1. The summed E-state index contributed by atoms with van der Waals surface area (Å²) in [6, 6.07) is 16.7. The Bertz CT molecular complexity index is 706. The van der Waals surface area contributed by atoms with Crippen molar-refractivity contribution in [3.63, 3.8) is 0 Å². The molecule has 0 radical (unpaired) electrons. The number of nitrogens with one attached hydrogen (secondary N) is 1. The smallest absolute Gasteiger partial charge is 0.238 e. The summed E-state index contributed by atoms with van der Waals surface area (Å²) < 4.78 is 0. The number of nitrogens with zero attached hydrogens (tertiary/aromatic N) is 2. The van der Waals surface area contributed by atoms with Gasteiger partial charge in [-0.2, -0.15) is 0 Å². The highest BCUT2D eigenvalue weighted by molar-refractivity contribution is 5.93. The molecule has 1 aliphatic heterocycles. The minimum absolute atomic E-state index is 0.0807. The predicted molar refractivity (Wildman–Crippen MR) is 104 cm³/mol. The van der Waals surface area contributed by atoms with Crippen LogP contribution >= 0.6 is 0 Å². The van der Waals surface area contributed by atoms with Crippen LogP contribution in [0.2, 0.25) is 0 Å². The normalized spacial score (nSPS) is 15.2. The number of piperazine rings is 1. The van der Waals surface area contributed by atoms with Crippen molar-refractivity contribution in [3.8, 4) is 0 Å². The first-order chi connectivity index (χ1) is 12.2. The van der Waals surface area contributed by atoms with E-state index in [1.54, 1.807) is 0 Å². The van der Waals surface area contributed by atoms with Crippen LogP contribution < -0.4 is 10.2 Å². The molecule has 0 saturated carbocycles. The lowest BCUT2D eigenvalue weighted by Gasteiger charge is -2.35. The van der Waals surface area contributed by atoms with Crippen molar-refractivity contribution in [1.82, 2.24) is 4.90 Å². The monoisotopic (exact) mass is 337 g/mol. The second-order valence-corrected chi connectivity index (χ2v) is 6.61. The number of rotatable bonds is 5. The van der Waals surface area contributed by atoms with Gasteiger partial charge in [-0.3, -0.25) is 9.69 Å². The van der Waals surface area contributed by atoms with Crippen molar-refractivity contribution in [2.45, 2.75) is 20.3 Å². The van der Waals surface area contributed by atoms with Crippen LogP contribution in [0.15, 0.2) is 48.5 Å². The molecular formula is C21H27N3O. The quantitative estimate of drug-likeness (QED) is 0.909. The van der Waals surface area contributed by atoms with Crippen LogP contribution in [0.3, 0.4) is 0 Å². The summed E-state index contributed by atoms with van der Waals surface area (Å²) in [5.74, 6) is 0.0807. The summed E-state index contributed by atoms with van der Waals surface area (Å²) in [4.78, 5) is 17.1. The number of hydrogen-bond donors (Lipinski definition) is 1. The Balaban J connectivity index is 1.53. The van der Waals surface area contributed by atoms with Gasteiger partial charge in [0.15, 0.2) is 0 Å². The van der Waals surface area contributed by atoms with Crippen LogP contribution in [-0.4, -0.2) is 43.5 Å². The van der Waals surface area contributed by atoms with Crippen molar-refractivity contribution in [2.24, 2.45) is 0 Å². The number of carbonyl (C=O) groups is 1. The molecule has 4 nitrogen and oxygen atoms in total. The summed E-state index contributed by atoms with van der Waals surface area (Å²) in [7, 11) is 0. The van der Waals surface area contributed by atoms with E-state index in [4.69, 9.17) is 0 Å². The third-order valence-corrected chi connectivity index (χ3v) is 4.87. The molecule has 0 atom stereocenters. The Labute approximate surface area is 150 Å². The Morgan fingerprint density at radius 2 is 1.72 bits per heavy atom. The molecule has 0 bridgehead atoms. The zero-order chi connectivity index (χ0) is 17.6. The van der Waals surface area contributed by atoms with Crippen LogP contribution in [-0.2, 0) is 11.2 Å². The molecule has 2 aromatic rings. The fourth-order valence-electron chi connectivity index (χ4n) is 3.39. The van der Waals surface area contributed by atoms with Gasteiger partial charge in [0, 0.05) is 37.6 Å². The van der Waals surface area contributed by atoms with Crippen LogP contribution in [0.4, 0.5) is 11.4 Å². The maximum absolute atomic E-state index is 12.5. The van der Waals surface area contributed by atoms with Crippen molar-refractivity contribution >= 4 is 17.3 Å². The zero-order valence-electron chi connectivity index (χ0n) is 15.2. The Morgan fingerprint density at radius 1 is 1.00 bits per heavy atom. The molecule has 1 aliphatic rings. The second-order valence-electron chi connectivity index (χ2n) is 6.61. The van der Waals surface area contributed by atoms with Crippen LogP contribution in [0.1, 0.15) is 18.1 Å². The maximum atomic E-state index is 12.5. The molecule has 25 heavy (non-hydrogen) atoms. The third-order valence-electron chi connectivity index (χ3n) is 4.87. The van der Waals surface area contributed by atoms with E-state index in [1.165, 1.54) is 11.3 Å². The second kappa shape index (κ2) is 8.17. The van der Waals surface area contributed by atoms with E-state index >= 15 is 0 Å². The highest BCUT2D eigenvalue weighted by Crippen LogP contribution is 2.21. The van der Waals surface area contributed by atoms with E-state index in [-0.39, 0.29) is 5.91 Å². The molecule has 2 aromatic carbocycles. The molecular weight excluding hydrogens is 310 g/mol. The predicted octanol–water partition coefficient (Wildman–Crippen LogP) is 3.32. The van der Waals surface area contributed by atoms with E-state index in [1.807, 2.05) is 25.1 Å². The largest absolute Gasteiger partial charge is 0.369 e. The number of anilines is 2. The molecule has 132 valence electrons. The van der Waals surface area contributed by atoms with Gasteiger partial charge >= 0.3 is 0 Å². The molecule has 0 aromatic heterocycles. The summed E-state index contributed by atoms with van der Waals surface area (Å²) in [6.45, 7) is 8.37. The van der Waals surface area contributed by atoms with Crippen LogP contribution in [0.5, 0.6) is 0 Å². The molecule has 1 heterocycles. The van der Waals surface area contributed by atoms with Crippen molar-refractivity contribution < 1.29 is 4.79 Å². The SMILES string of the molecule is CCc1cccc(C)c1NC(=O)CN1CCN(c2ccccc2)CC1. The average Bonchev–Trinajstić information content (AvgIpc) is 2.65. The lowest BCUT2D eigenvalue weighted by atomic mass is 10.1.